The fourth-order valence-corrected chi connectivity index (χ4v) is 2.65. The molecule has 3 rings (SSSR count). The molecule has 0 saturated heterocycles. The minimum absolute atomic E-state index is 0.207. The number of aryl methyl sites for hydroxylation is 1. The Hall–Kier alpha value is -2.96. The maximum Gasteiger partial charge on any atom is 0.253 e. The lowest BCUT2D eigenvalue weighted by Crippen LogP contribution is -2.30. The number of aromatic amines is 1. The molecule has 3 heterocycles. The summed E-state index contributed by atoms with van der Waals surface area (Å²) < 4.78 is 1.82. The summed E-state index contributed by atoms with van der Waals surface area (Å²) in [4.78, 5) is 35.4. The summed E-state index contributed by atoms with van der Waals surface area (Å²) in [6.07, 6.45) is 6.68. The maximum absolute atomic E-state index is 12.6. The highest BCUT2D eigenvalue weighted by Crippen LogP contribution is 2.17. The van der Waals surface area contributed by atoms with Crippen LogP contribution in [0.25, 0.3) is 5.78 Å². The Morgan fingerprint density at radius 3 is 2.92 bits per heavy atom. The molecule has 0 fully saturated rings. The second-order valence-electron chi connectivity index (χ2n) is 5.50. The minimum Gasteiger partial charge on any atom is -0.344 e. The number of nitrogens with zero attached hydrogens (tertiary/aromatic N) is 3. The van der Waals surface area contributed by atoms with E-state index in [1.165, 1.54) is 6.07 Å². The molecule has 0 bridgehead atoms. The SMILES string of the molecule is CCc1[nH]c(=O)ccc1C(=O)NC(CC)c1cn2cccnc2n1. The lowest BCUT2D eigenvalue weighted by atomic mass is 10.1. The van der Waals surface area contributed by atoms with Crippen LogP contribution in [0, 0.1) is 0 Å². The predicted octanol–water partition coefficient (Wildman–Crippen LogP) is 1.86. The quantitative estimate of drug-likeness (QED) is 0.749. The van der Waals surface area contributed by atoms with Crippen molar-refractivity contribution in [1.82, 2.24) is 24.7 Å². The van der Waals surface area contributed by atoms with Crippen molar-refractivity contribution >= 4 is 11.7 Å². The number of hydrogen-bond acceptors (Lipinski definition) is 4. The molecule has 1 amide bonds. The number of carbonyl (C=O) groups is 1. The number of imidazole rings is 1. The molecule has 0 radical (unpaired) electrons. The topological polar surface area (TPSA) is 92.2 Å². The van der Waals surface area contributed by atoms with E-state index >= 15 is 0 Å². The van der Waals surface area contributed by atoms with E-state index in [1.54, 1.807) is 12.3 Å². The first kappa shape index (κ1) is 15.9. The second-order valence-corrected chi connectivity index (χ2v) is 5.50. The number of aromatic nitrogens is 4. The van der Waals surface area contributed by atoms with Crippen molar-refractivity contribution in [2.75, 3.05) is 0 Å². The molecule has 2 N–H and O–H groups in total. The Balaban J connectivity index is 1.87. The monoisotopic (exact) mass is 325 g/mol. The average Bonchev–Trinajstić information content (AvgIpc) is 3.03. The van der Waals surface area contributed by atoms with E-state index in [1.807, 2.05) is 36.7 Å². The lowest BCUT2D eigenvalue weighted by molar-refractivity contribution is 0.0933. The van der Waals surface area contributed by atoms with Crippen molar-refractivity contribution in [2.45, 2.75) is 32.7 Å². The summed E-state index contributed by atoms with van der Waals surface area (Å²) in [5.41, 5.74) is 1.66. The average molecular weight is 325 g/mol. The molecule has 24 heavy (non-hydrogen) atoms. The Labute approximate surface area is 138 Å². The van der Waals surface area contributed by atoms with Crippen LogP contribution in [-0.4, -0.2) is 25.3 Å². The summed E-state index contributed by atoms with van der Waals surface area (Å²) in [5.74, 6) is 0.374. The zero-order valence-electron chi connectivity index (χ0n) is 13.6. The van der Waals surface area contributed by atoms with Crippen LogP contribution < -0.4 is 10.9 Å². The third-order valence-electron chi connectivity index (χ3n) is 3.92. The second kappa shape index (κ2) is 6.66. The summed E-state index contributed by atoms with van der Waals surface area (Å²) in [6, 6.07) is 4.52. The highest BCUT2D eigenvalue weighted by Gasteiger charge is 2.19. The van der Waals surface area contributed by atoms with E-state index in [2.05, 4.69) is 20.3 Å². The molecule has 0 saturated carbocycles. The van der Waals surface area contributed by atoms with Gasteiger partial charge in [-0.05, 0) is 25.0 Å². The number of H-pyrrole nitrogens is 1. The van der Waals surface area contributed by atoms with Gasteiger partial charge in [0.25, 0.3) is 5.91 Å². The minimum atomic E-state index is -0.226. The lowest BCUT2D eigenvalue weighted by Gasteiger charge is -2.16. The summed E-state index contributed by atoms with van der Waals surface area (Å²) in [6.45, 7) is 3.88. The molecule has 1 unspecified atom stereocenters. The van der Waals surface area contributed by atoms with Crippen molar-refractivity contribution in [3.63, 3.8) is 0 Å². The fourth-order valence-electron chi connectivity index (χ4n) is 2.65. The van der Waals surface area contributed by atoms with Crippen molar-refractivity contribution in [1.29, 1.82) is 0 Å². The van der Waals surface area contributed by atoms with E-state index in [9.17, 15) is 9.59 Å². The van der Waals surface area contributed by atoms with Crippen molar-refractivity contribution in [3.05, 3.63) is 64.1 Å². The summed E-state index contributed by atoms with van der Waals surface area (Å²) >= 11 is 0. The van der Waals surface area contributed by atoms with Crippen LogP contribution in [0.5, 0.6) is 0 Å². The summed E-state index contributed by atoms with van der Waals surface area (Å²) in [7, 11) is 0. The van der Waals surface area contributed by atoms with E-state index in [-0.39, 0.29) is 17.5 Å². The molecule has 3 aromatic heterocycles. The van der Waals surface area contributed by atoms with Gasteiger partial charge in [-0.2, -0.15) is 0 Å². The Morgan fingerprint density at radius 1 is 1.38 bits per heavy atom. The Bertz CT molecular complexity index is 895. The first-order valence-corrected chi connectivity index (χ1v) is 7.95. The molecule has 0 aliphatic rings. The maximum atomic E-state index is 12.6. The third-order valence-corrected chi connectivity index (χ3v) is 3.92. The summed E-state index contributed by atoms with van der Waals surface area (Å²) in [5, 5.41) is 2.99. The molecule has 1 atom stereocenters. The van der Waals surface area contributed by atoms with E-state index in [4.69, 9.17) is 0 Å². The normalized spacial score (nSPS) is 12.2. The zero-order valence-corrected chi connectivity index (χ0v) is 13.6. The third kappa shape index (κ3) is 3.05. The van der Waals surface area contributed by atoms with Gasteiger partial charge in [0, 0.05) is 30.4 Å². The number of rotatable bonds is 5. The smallest absolute Gasteiger partial charge is 0.253 e. The predicted molar refractivity (Wildman–Crippen MR) is 89.9 cm³/mol. The van der Waals surface area contributed by atoms with Crippen molar-refractivity contribution in [3.8, 4) is 0 Å². The van der Waals surface area contributed by atoms with Crippen LogP contribution in [0.15, 0.2) is 41.6 Å². The van der Waals surface area contributed by atoms with Crippen molar-refractivity contribution in [2.24, 2.45) is 0 Å². The first-order valence-electron chi connectivity index (χ1n) is 7.95. The van der Waals surface area contributed by atoms with Gasteiger partial charge in [0.15, 0.2) is 0 Å². The van der Waals surface area contributed by atoms with Gasteiger partial charge in [0.2, 0.25) is 11.3 Å². The molecule has 0 aliphatic carbocycles. The molecule has 7 heteroatoms. The van der Waals surface area contributed by atoms with Crippen LogP contribution in [0.3, 0.4) is 0 Å². The van der Waals surface area contributed by atoms with Gasteiger partial charge < -0.3 is 10.3 Å². The van der Waals surface area contributed by atoms with Crippen LogP contribution >= 0.6 is 0 Å². The van der Waals surface area contributed by atoms with Crippen LogP contribution in [0.1, 0.15) is 48.1 Å². The molecular weight excluding hydrogens is 306 g/mol. The van der Waals surface area contributed by atoms with E-state index in [0.717, 1.165) is 5.69 Å². The van der Waals surface area contributed by atoms with Crippen LogP contribution in [0.4, 0.5) is 0 Å². The number of amides is 1. The van der Waals surface area contributed by atoms with E-state index in [0.29, 0.717) is 29.9 Å². The number of fused-ring (bicyclic) bond motifs is 1. The number of carbonyl (C=O) groups excluding carboxylic acids is 1. The number of pyridine rings is 1. The van der Waals surface area contributed by atoms with Gasteiger partial charge in [-0.1, -0.05) is 13.8 Å². The van der Waals surface area contributed by atoms with Gasteiger partial charge in [0.05, 0.1) is 17.3 Å². The Kier molecular flexibility index (Phi) is 4.41. The molecule has 7 nitrogen and oxygen atoms in total. The fraction of sp³-hybridized carbons (Fsp3) is 0.294. The van der Waals surface area contributed by atoms with Crippen LogP contribution in [-0.2, 0) is 6.42 Å². The van der Waals surface area contributed by atoms with Gasteiger partial charge in [-0.3, -0.25) is 14.0 Å². The molecular formula is C17H19N5O2. The molecule has 124 valence electrons. The van der Waals surface area contributed by atoms with Gasteiger partial charge in [-0.15, -0.1) is 0 Å². The van der Waals surface area contributed by atoms with Gasteiger partial charge in [0.1, 0.15) is 0 Å². The van der Waals surface area contributed by atoms with Gasteiger partial charge in [-0.25, -0.2) is 9.97 Å². The Morgan fingerprint density at radius 2 is 2.21 bits per heavy atom. The number of hydrogen-bond donors (Lipinski definition) is 2. The van der Waals surface area contributed by atoms with Crippen molar-refractivity contribution < 1.29 is 4.79 Å². The highest BCUT2D eigenvalue weighted by molar-refractivity contribution is 5.95. The van der Waals surface area contributed by atoms with Gasteiger partial charge >= 0.3 is 0 Å². The highest BCUT2D eigenvalue weighted by atomic mass is 16.2. The zero-order chi connectivity index (χ0) is 17.1. The number of nitrogens with one attached hydrogen (secondary N) is 2. The van der Waals surface area contributed by atoms with Crippen LogP contribution in [0.2, 0.25) is 0 Å². The molecule has 0 aliphatic heterocycles. The first-order chi connectivity index (χ1) is 11.6. The molecule has 0 spiro atoms. The standard InChI is InChI=1S/C17H19N5O2/c1-3-12-11(6-7-15(23)19-12)16(24)20-13(4-2)14-10-22-9-5-8-18-17(22)21-14/h5-10,13H,3-4H2,1-2H3,(H,19,23)(H,20,24). The molecule has 3 aromatic rings. The van der Waals surface area contributed by atoms with E-state index < -0.39 is 0 Å². The molecule has 0 aromatic carbocycles. The largest absolute Gasteiger partial charge is 0.344 e.